The lowest BCUT2D eigenvalue weighted by Crippen LogP contribution is -2.27. The van der Waals surface area contributed by atoms with Crippen LogP contribution in [0.25, 0.3) is 0 Å². The lowest BCUT2D eigenvalue weighted by atomic mass is 9.83. The summed E-state index contributed by atoms with van der Waals surface area (Å²) in [7, 11) is 0. The topological polar surface area (TPSA) is 26.0 Å². The van der Waals surface area contributed by atoms with Crippen molar-refractivity contribution in [2.24, 2.45) is 11.7 Å². The van der Waals surface area contributed by atoms with Crippen molar-refractivity contribution >= 4 is 11.3 Å². The third-order valence-corrected chi connectivity index (χ3v) is 3.98. The molecule has 0 aromatic carbocycles. The van der Waals surface area contributed by atoms with Gasteiger partial charge in [-0.15, -0.1) is 0 Å². The fraction of sp³-hybridized carbons (Fsp3) is 0.667. The molecular weight excluding hydrogens is 190 g/mol. The predicted molar refractivity (Wildman–Crippen MR) is 62.6 cm³/mol. The molecule has 0 amide bonds. The molecule has 2 heteroatoms. The first-order valence-corrected chi connectivity index (χ1v) is 6.55. The molecule has 0 saturated heterocycles. The van der Waals surface area contributed by atoms with Gasteiger partial charge in [-0.1, -0.05) is 12.8 Å². The average molecular weight is 209 g/mol. The number of hydrogen-bond acceptors (Lipinski definition) is 2. The lowest BCUT2D eigenvalue weighted by Gasteiger charge is -2.26. The van der Waals surface area contributed by atoms with Gasteiger partial charge in [0, 0.05) is 6.04 Å². The summed E-state index contributed by atoms with van der Waals surface area (Å²) >= 11 is 1.80. The van der Waals surface area contributed by atoms with Crippen molar-refractivity contribution < 1.29 is 0 Å². The number of rotatable bonds is 3. The Bertz CT molecular complexity index is 255. The van der Waals surface area contributed by atoms with Crippen LogP contribution < -0.4 is 5.73 Å². The molecule has 1 aromatic rings. The van der Waals surface area contributed by atoms with Gasteiger partial charge in [-0.05, 0) is 54.0 Å². The Morgan fingerprint density at radius 2 is 2.36 bits per heavy atom. The van der Waals surface area contributed by atoms with Gasteiger partial charge < -0.3 is 5.73 Å². The van der Waals surface area contributed by atoms with Gasteiger partial charge >= 0.3 is 0 Å². The zero-order valence-corrected chi connectivity index (χ0v) is 9.43. The molecule has 0 bridgehead atoms. The largest absolute Gasteiger partial charge is 0.328 e. The third-order valence-electron chi connectivity index (χ3n) is 3.24. The van der Waals surface area contributed by atoms with Crippen LogP contribution in [0.1, 0.15) is 37.7 Å². The Labute approximate surface area is 90.3 Å². The normalized spacial score (nSPS) is 27.8. The molecular formula is C12H19NS. The summed E-state index contributed by atoms with van der Waals surface area (Å²) in [5.74, 6) is 0.888. The van der Waals surface area contributed by atoms with Gasteiger partial charge in [0.15, 0.2) is 0 Å². The Hall–Kier alpha value is -0.340. The van der Waals surface area contributed by atoms with Crippen LogP contribution in [-0.2, 0) is 6.42 Å². The second-order valence-corrected chi connectivity index (χ2v) is 5.24. The van der Waals surface area contributed by atoms with Gasteiger partial charge in [0.1, 0.15) is 0 Å². The van der Waals surface area contributed by atoms with E-state index in [1.807, 2.05) is 0 Å². The standard InChI is InChI=1S/C12H19NS/c13-12-3-1-2-10(8-12)4-5-11-6-7-14-9-11/h6-7,9-10,12H,1-5,8,13H2. The number of aryl methyl sites for hydroxylation is 1. The van der Waals surface area contributed by atoms with Crippen molar-refractivity contribution in [2.45, 2.75) is 44.6 Å². The van der Waals surface area contributed by atoms with Crippen molar-refractivity contribution in [1.82, 2.24) is 0 Å². The lowest BCUT2D eigenvalue weighted by molar-refractivity contribution is 0.307. The highest BCUT2D eigenvalue weighted by Crippen LogP contribution is 2.27. The van der Waals surface area contributed by atoms with Crippen molar-refractivity contribution in [3.05, 3.63) is 22.4 Å². The maximum Gasteiger partial charge on any atom is 0.00414 e. The molecule has 1 fully saturated rings. The van der Waals surface area contributed by atoms with Crippen molar-refractivity contribution in [2.75, 3.05) is 0 Å². The fourth-order valence-corrected chi connectivity index (χ4v) is 3.10. The Morgan fingerprint density at radius 3 is 3.07 bits per heavy atom. The van der Waals surface area contributed by atoms with Crippen LogP contribution in [-0.4, -0.2) is 6.04 Å². The van der Waals surface area contributed by atoms with Crippen LogP contribution in [0, 0.1) is 5.92 Å². The van der Waals surface area contributed by atoms with Gasteiger partial charge in [-0.2, -0.15) is 11.3 Å². The van der Waals surface area contributed by atoms with E-state index in [-0.39, 0.29) is 0 Å². The fourth-order valence-electron chi connectivity index (χ4n) is 2.40. The van der Waals surface area contributed by atoms with Crippen molar-refractivity contribution in [3.8, 4) is 0 Å². The first-order chi connectivity index (χ1) is 6.84. The molecule has 1 nitrogen and oxygen atoms in total. The minimum atomic E-state index is 0.483. The molecule has 2 atom stereocenters. The minimum absolute atomic E-state index is 0.483. The van der Waals surface area contributed by atoms with E-state index >= 15 is 0 Å². The second kappa shape index (κ2) is 4.94. The second-order valence-electron chi connectivity index (χ2n) is 4.46. The molecule has 1 aromatic heterocycles. The summed E-state index contributed by atoms with van der Waals surface area (Å²) in [5.41, 5.74) is 7.48. The predicted octanol–water partition coefficient (Wildman–Crippen LogP) is 3.20. The van der Waals surface area contributed by atoms with Crippen LogP contribution in [0.3, 0.4) is 0 Å². The Morgan fingerprint density at radius 1 is 1.43 bits per heavy atom. The van der Waals surface area contributed by atoms with E-state index in [9.17, 15) is 0 Å². The van der Waals surface area contributed by atoms with Gasteiger partial charge in [0.25, 0.3) is 0 Å². The SMILES string of the molecule is NC1CCCC(CCc2ccsc2)C1. The van der Waals surface area contributed by atoms with E-state index in [4.69, 9.17) is 5.73 Å². The smallest absolute Gasteiger partial charge is 0.00414 e. The maximum atomic E-state index is 5.98. The molecule has 2 N–H and O–H groups in total. The molecule has 1 aliphatic carbocycles. The molecule has 1 aliphatic rings. The zero-order chi connectivity index (χ0) is 9.80. The monoisotopic (exact) mass is 209 g/mol. The molecule has 0 radical (unpaired) electrons. The average Bonchev–Trinajstić information content (AvgIpc) is 2.67. The van der Waals surface area contributed by atoms with E-state index in [2.05, 4.69) is 16.8 Å². The van der Waals surface area contributed by atoms with E-state index in [0.29, 0.717) is 6.04 Å². The van der Waals surface area contributed by atoms with Crippen LogP contribution in [0.5, 0.6) is 0 Å². The minimum Gasteiger partial charge on any atom is -0.328 e. The summed E-state index contributed by atoms with van der Waals surface area (Å²) in [4.78, 5) is 0. The third kappa shape index (κ3) is 2.82. The van der Waals surface area contributed by atoms with E-state index in [0.717, 1.165) is 5.92 Å². The number of nitrogens with two attached hydrogens (primary N) is 1. The first kappa shape index (κ1) is 10.2. The van der Waals surface area contributed by atoms with Crippen molar-refractivity contribution in [3.63, 3.8) is 0 Å². The molecule has 1 saturated carbocycles. The quantitative estimate of drug-likeness (QED) is 0.813. The molecule has 1 heterocycles. The first-order valence-electron chi connectivity index (χ1n) is 5.61. The van der Waals surface area contributed by atoms with Gasteiger partial charge in [0.2, 0.25) is 0 Å². The summed E-state index contributed by atoms with van der Waals surface area (Å²) < 4.78 is 0. The van der Waals surface area contributed by atoms with Gasteiger partial charge in [-0.25, -0.2) is 0 Å². The van der Waals surface area contributed by atoms with Crippen molar-refractivity contribution in [1.29, 1.82) is 0 Å². The van der Waals surface area contributed by atoms with E-state index < -0.39 is 0 Å². The summed E-state index contributed by atoms with van der Waals surface area (Å²) in [6, 6.07) is 2.73. The molecule has 14 heavy (non-hydrogen) atoms. The highest BCUT2D eigenvalue weighted by Gasteiger charge is 2.18. The molecule has 2 unspecified atom stereocenters. The van der Waals surface area contributed by atoms with Crippen LogP contribution in [0.2, 0.25) is 0 Å². The molecule has 78 valence electrons. The van der Waals surface area contributed by atoms with Gasteiger partial charge in [0.05, 0.1) is 0 Å². The van der Waals surface area contributed by atoms with Crippen LogP contribution in [0.4, 0.5) is 0 Å². The Kier molecular flexibility index (Phi) is 3.60. The summed E-state index contributed by atoms with van der Waals surface area (Å²) in [6.45, 7) is 0. The molecule has 2 rings (SSSR count). The zero-order valence-electron chi connectivity index (χ0n) is 8.61. The highest BCUT2D eigenvalue weighted by atomic mass is 32.1. The van der Waals surface area contributed by atoms with Crippen LogP contribution >= 0.6 is 11.3 Å². The van der Waals surface area contributed by atoms with E-state index in [1.54, 1.807) is 11.3 Å². The number of thiophene rings is 1. The number of hydrogen-bond donors (Lipinski definition) is 1. The molecule has 0 aliphatic heterocycles. The Balaban J connectivity index is 1.75. The van der Waals surface area contributed by atoms with Gasteiger partial charge in [-0.3, -0.25) is 0 Å². The van der Waals surface area contributed by atoms with Crippen LogP contribution in [0.15, 0.2) is 16.8 Å². The summed E-state index contributed by atoms with van der Waals surface area (Å²) in [5, 5.41) is 4.44. The maximum absolute atomic E-state index is 5.98. The summed E-state index contributed by atoms with van der Waals surface area (Å²) in [6.07, 6.45) is 7.83. The molecule has 0 spiro atoms. The highest BCUT2D eigenvalue weighted by molar-refractivity contribution is 7.07. The van der Waals surface area contributed by atoms with E-state index in [1.165, 1.54) is 44.1 Å².